The zero-order valence-corrected chi connectivity index (χ0v) is 18.9. The summed E-state index contributed by atoms with van der Waals surface area (Å²) in [6.07, 6.45) is 0.773. The normalized spacial score (nSPS) is 13.1. The molecule has 0 unspecified atom stereocenters. The van der Waals surface area contributed by atoms with Crippen LogP contribution in [0.1, 0.15) is 27.3 Å². The van der Waals surface area contributed by atoms with Gasteiger partial charge in [0.1, 0.15) is 18.3 Å². The van der Waals surface area contributed by atoms with Crippen LogP contribution in [-0.2, 0) is 13.0 Å². The summed E-state index contributed by atoms with van der Waals surface area (Å²) in [7, 11) is 0. The van der Waals surface area contributed by atoms with Crippen LogP contribution in [0.5, 0.6) is 0 Å². The van der Waals surface area contributed by atoms with Crippen molar-refractivity contribution in [3.8, 4) is 10.4 Å². The lowest BCUT2D eigenvalue weighted by atomic mass is 10.0. The number of aromatic amines is 1. The van der Waals surface area contributed by atoms with E-state index in [0.717, 1.165) is 61.0 Å². The van der Waals surface area contributed by atoms with Gasteiger partial charge in [0.2, 0.25) is 0 Å². The molecular weight excluding hydrogens is 423 g/mol. The van der Waals surface area contributed by atoms with Gasteiger partial charge in [0, 0.05) is 22.5 Å². The van der Waals surface area contributed by atoms with Crippen LogP contribution < -0.4 is 10.6 Å². The molecule has 3 heterocycles. The maximum Gasteiger partial charge on any atom is 0.147 e. The summed E-state index contributed by atoms with van der Waals surface area (Å²) >= 11 is 1.68. The summed E-state index contributed by atoms with van der Waals surface area (Å²) in [5.41, 5.74) is 6.87. The number of aromatic nitrogens is 1. The van der Waals surface area contributed by atoms with E-state index in [-0.39, 0.29) is 12.4 Å². The number of amidine groups is 1. The average Bonchev–Trinajstić information content (AvgIpc) is 3.39. The molecule has 0 radical (unpaired) electrons. The number of H-pyrrole nitrogens is 1. The van der Waals surface area contributed by atoms with Crippen LogP contribution in [0.3, 0.4) is 0 Å². The first-order valence-corrected chi connectivity index (χ1v) is 11.5. The van der Waals surface area contributed by atoms with E-state index in [1.54, 1.807) is 11.3 Å². The van der Waals surface area contributed by atoms with Gasteiger partial charge in [0.05, 0.1) is 22.7 Å². The monoisotopic (exact) mass is 448 g/mol. The van der Waals surface area contributed by atoms with E-state index in [9.17, 15) is 9.50 Å². The van der Waals surface area contributed by atoms with Crippen molar-refractivity contribution in [3.63, 3.8) is 0 Å². The third-order valence-electron chi connectivity index (χ3n) is 5.95. The van der Waals surface area contributed by atoms with Crippen molar-refractivity contribution in [1.29, 1.82) is 0 Å². The summed E-state index contributed by atoms with van der Waals surface area (Å²) in [6.45, 7) is 5.28. The third-order valence-corrected chi connectivity index (χ3v) is 7.14. The number of hydrogen-bond acceptors (Lipinski definition) is 5. The zero-order chi connectivity index (χ0) is 22.2. The SMILES string of the molecule is Cc1[nH]c2c(F)ccc(C)c2c1CCNC1=NCNc2cc(-c3cccc(CO)c3)sc21. The molecule has 0 spiro atoms. The smallest absolute Gasteiger partial charge is 0.147 e. The van der Waals surface area contributed by atoms with Gasteiger partial charge in [-0.05, 0) is 60.7 Å². The van der Waals surface area contributed by atoms with Crippen molar-refractivity contribution < 1.29 is 9.50 Å². The van der Waals surface area contributed by atoms with Crippen molar-refractivity contribution in [3.05, 3.63) is 75.5 Å². The molecule has 164 valence electrons. The quantitative estimate of drug-likeness (QED) is 0.343. The van der Waals surface area contributed by atoms with Crippen LogP contribution in [0.2, 0.25) is 0 Å². The molecule has 4 aromatic rings. The first kappa shape index (κ1) is 20.7. The number of nitrogens with zero attached hydrogens (tertiary/aromatic N) is 1. The van der Waals surface area contributed by atoms with Crippen LogP contribution in [0.4, 0.5) is 10.1 Å². The molecule has 2 aromatic carbocycles. The van der Waals surface area contributed by atoms with Crippen molar-refractivity contribution >= 4 is 33.8 Å². The number of halogens is 1. The number of nitrogens with one attached hydrogen (secondary N) is 3. The second kappa shape index (κ2) is 8.41. The molecular formula is C25H25FN4OS. The van der Waals surface area contributed by atoms with Gasteiger partial charge >= 0.3 is 0 Å². The molecule has 0 saturated carbocycles. The van der Waals surface area contributed by atoms with Crippen molar-refractivity contribution in [1.82, 2.24) is 10.3 Å². The van der Waals surface area contributed by atoms with Gasteiger partial charge in [0.15, 0.2) is 0 Å². The lowest BCUT2D eigenvalue weighted by Crippen LogP contribution is -2.29. The fraction of sp³-hybridized carbons (Fsp3) is 0.240. The standard InChI is InChI=1S/C25H25FN4OS/c1-14-6-7-19(26)23-22(14)18(15(2)30-23)8-9-27-25-24-20(28-13-29-25)11-21(32-24)17-5-3-4-16(10-17)12-31/h3-7,10-11,28,30-31H,8-9,12-13H2,1-2H3,(H,27,29). The number of benzene rings is 2. The molecule has 1 aliphatic heterocycles. The predicted octanol–water partition coefficient (Wildman–Crippen LogP) is 5.11. The number of aliphatic imine (C=N–C) groups is 1. The molecule has 0 aliphatic carbocycles. The van der Waals surface area contributed by atoms with Gasteiger partial charge in [-0.25, -0.2) is 9.38 Å². The summed E-state index contributed by atoms with van der Waals surface area (Å²) in [4.78, 5) is 10.1. The Labute approximate surface area is 190 Å². The Kier molecular flexibility index (Phi) is 5.45. The van der Waals surface area contributed by atoms with Crippen molar-refractivity contribution in [2.24, 2.45) is 4.99 Å². The van der Waals surface area contributed by atoms with Gasteiger partial charge in [-0.1, -0.05) is 24.3 Å². The third kappa shape index (κ3) is 3.67. The van der Waals surface area contributed by atoms with E-state index in [4.69, 9.17) is 0 Å². The number of rotatable bonds is 5. The highest BCUT2D eigenvalue weighted by molar-refractivity contribution is 7.18. The topological polar surface area (TPSA) is 72.4 Å². The fourth-order valence-electron chi connectivity index (χ4n) is 4.34. The second-order valence-electron chi connectivity index (χ2n) is 8.07. The first-order chi connectivity index (χ1) is 15.5. The average molecular weight is 449 g/mol. The minimum atomic E-state index is -0.211. The number of aliphatic hydroxyl groups excluding tert-OH is 1. The van der Waals surface area contributed by atoms with E-state index in [1.165, 1.54) is 6.07 Å². The first-order valence-electron chi connectivity index (χ1n) is 10.7. The molecule has 5 rings (SSSR count). The summed E-state index contributed by atoms with van der Waals surface area (Å²) < 4.78 is 14.2. The highest BCUT2D eigenvalue weighted by Gasteiger charge is 2.19. The van der Waals surface area contributed by atoms with E-state index in [1.807, 2.05) is 38.1 Å². The maximum absolute atomic E-state index is 14.2. The summed E-state index contributed by atoms with van der Waals surface area (Å²) in [5.74, 6) is 0.672. The van der Waals surface area contributed by atoms with E-state index < -0.39 is 0 Å². The van der Waals surface area contributed by atoms with Gasteiger partial charge < -0.3 is 20.7 Å². The Morgan fingerprint density at radius 1 is 1.19 bits per heavy atom. The van der Waals surface area contributed by atoms with Crippen LogP contribution in [-0.4, -0.2) is 29.1 Å². The number of aryl methyl sites for hydroxylation is 2. The highest BCUT2D eigenvalue weighted by Crippen LogP contribution is 2.36. The minimum absolute atomic E-state index is 0.0298. The summed E-state index contributed by atoms with van der Waals surface area (Å²) in [5, 5.41) is 17.3. The van der Waals surface area contributed by atoms with Crippen LogP contribution in [0, 0.1) is 19.7 Å². The number of aliphatic hydroxyl groups is 1. The van der Waals surface area contributed by atoms with Gasteiger partial charge in [-0.3, -0.25) is 0 Å². The van der Waals surface area contributed by atoms with Crippen molar-refractivity contribution in [2.45, 2.75) is 26.9 Å². The molecule has 7 heteroatoms. The summed E-state index contributed by atoms with van der Waals surface area (Å²) in [6, 6.07) is 13.5. The lowest BCUT2D eigenvalue weighted by molar-refractivity contribution is 0.282. The molecule has 1 aliphatic rings. The zero-order valence-electron chi connectivity index (χ0n) is 18.1. The predicted molar refractivity (Wildman–Crippen MR) is 130 cm³/mol. The van der Waals surface area contributed by atoms with E-state index in [0.29, 0.717) is 18.7 Å². The Bertz CT molecular complexity index is 1340. The number of anilines is 1. The van der Waals surface area contributed by atoms with E-state index >= 15 is 0 Å². The minimum Gasteiger partial charge on any atom is -0.392 e. The Balaban J connectivity index is 1.36. The van der Waals surface area contributed by atoms with E-state index in [2.05, 4.69) is 32.7 Å². The largest absolute Gasteiger partial charge is 0.392 e. The van der Waals surface area contributed by atoms with Crippen LogP contribution in [0.25, 0.3) is 21.3 Å². The van der Waals surface area contributed by atoms with Gasteiger partial charge in [0.25, 0.3) is 0 Å². The van der Waals surface area contributed by atoms with Gasteiger partial charge in [-0.15, -0.1) is 11.3 Å². The Morgan fingerprint density at radius 3 is 2.91 bits per heavy atom. The number of thiophene rings is 1. The number of hydrogen-bond donors (Lipinski definition) is 4. The van der Waals surface area contributed by atoms with Crippen molar-refractivity contribution in [2.75, 3.05) is 18.5 Å². The molecule has 0 amide bonds. The highest BCUT2D eigenvalue weighted by atomic mass is 32.1. The van der Waals surface area contributed by atoms with Crippen LogP contribution in [0.15, 0.2) is 47.5 Å². The maximum atomic E-state index is 14.2. The fourth-order valence-corrected chi connectivity index (χ4v) is 5.45. The molecule has 5 nitrogen and oxygen atoms in total. The van der Waals surface area contributed by atoms with Crippen LogP contribution >= 0.6 is 11.3 Å². The Morgan fingerprint density at radius 2 is 2.06 bits per heavy atom. The van der Waals surface area contributed by atoms with Gasteiger partial charge in [-0.2, -0.15) is 0 Å². The number of fused-ring (bicyclic) bond motifs is 2. The molecule has 4 N–H and O–H groups in total. The molecule has 2 aromatic heterocycles. The molecule has 32 heavy (non-hydrogen) atoms. The Hall–Kier alpha value is -3.16. The molecule has 0 saturated heterocycles. The second-order valence-corrected chi connectivity index (χ2v) is 9.13. The molecule has 0 atom stereocenters. The molecule has 0 fully saturated rings. The molecule has 0 bridgehead atoms. The lowest BCUT2D eigenvalue weighted by Gasteiger charge is -2.16.